The van der Waals surface area contributed by atoms with Gasteiger partial charge in [-0.15, -0.1) is 0 Å². The molecule has 2 atom stereocenters. The summed E-state index contributed by atoms with van der Waals surface area (Å²) >= 11 is 0. The molecule has 0 radical (unpaired) electrons. The van der Waals surface area contributed by atoms with Crippen LogP contribution in [0.3, 0.4) is 0 Å². The van der Waals surface area contributed by atoms with Gasteiger partial charge in [0.15, 0.2) is 0 Å². The second kappa shape index (κ2) is 9.02. The Morgan fingerprint density at radius 1 is 1.00 bits per heavy atom. The second-order valence-corrected chi connectivity index (χ2v) is 8.60. The molecule has 0 saturated heterocycles. The van der Waals surface area contributed by atoms with Gasteiger partial charge in [0.25, 0.3) is 0 Å². The van der Waals surface area contributed by atoms with Crippen molar-refractivity contribution in [1.82, 2.24) is 14.8 Å². The third kappa shape index (κ3) is 3.67. The van der Waals surface area contributed by atoms with Gasteiger partial charge in [-0.05, 0) is 48.0 Å². The number of nitrogens with zero attached hydrogens (tertiary/aromatic N) is 3. The molecule has 2 aliphatic heterocycles. The fourth-order valence-corrected chi connectivity index (χ4v) is 4.96. The molecule has 3 heterocycles. The van der Waals surface area contributed by atoms with E-state index in [1.165, 1.54) is 13.4 Å². The number of anilines is 1. The van der Waals surface area contributed by atoms with Gasteiger partial charge in [0, 0.05) is 16.7 Å². The lowest BCUT2D eigenvalue weighted by atomic mass is 9.84. The van der Waals surface area contributed by atoms with E-state index in [1.807, 2.05) is 59.3 Å². The van der Waals surface area contributed by atoms with Gasteiger partial charge in [-0.3, -0.25) is 0 Å². The molecule has 3 aromatic carbocycles. The molecule has 0 spiro atoms. The second-order valence-electron chi connectivity index (χ2n) is 8.60. The molecular formula is C28H24N4O5. The standard InChI is InChI=1S/C28H24N4O5/c1-34-18-12-13-21(35-2)20(14-18)25-23-24(31-28-29-15-30-32(25)28)19-6-4-5-7-22(19)37-26(23)16-8-10-17(11-9-16)27(33)36-3/h4-15,25-26H,1-3H3,(H,29,30,31)/t25-,26-/m0/s1. The van der Waals surface area contributed by atoms with Gasteiger partial charge < -0.3 is 24.3 Å². The quantitative estimate of drug-likeness (QED) is 0.399. The van der Waals surface area contributed by atoms with Crippen molar-refractivity contribution in [2.24, 2.45) is 0 Å². The van der Waals surface area contributed by atoms with Crippen molar-refractivity contribution in [1.29, 1.82) is 0 Å². The molecule has 6 rings (SSSR count). The fraction of sp³-hybridized carbons (Fsp3) is 0.179. The molecule has 0 aliphatic carbocycles. The first-order valence-electron chi connectivity index (χ1n) is 11.7. The van der Waals surface area contributed by atoms with Crippen LogP contribution in [0, 0.1) is 0 Å². The largest absolute Gasteiger partial charge is 0.497 e. The number of methoxy groups -OCH3 is 3. The minimum absolute atomic E-state index is 0.396. The molecule has 0 saturated carbocycles. The molecular weight excluding hydrogens is 472 g/mol. The summed E-state index contributed by atoms with van der Waals surface area (Å²) in [6.07, 6.45) is 1.02. The maximum atomic E-state index is 12.1. The van der Waals surface area contributed by atoms with E-state index in [-0.39, 0.29) is 0 Å². The molecule has 186 valence electrons. The van der Waals surface area contributed by atoms with Gasteiger partial charge >= 0.3 is 5.97 Å². The first-order chi connectivity index (χ1) is 18.1. The summed E-state index contributed by atoms with van der Waals surface area (Å²) in [4.78, 5) is 16.5. The lowest BCUT2D eigenvalue weighted by molar-refractivity contribution is 0.0600. The third-order valence-electron chi connectivity index (χ3n) is 6.69. The van der Waals surface area contributed by atoms with Crippen LogP contribution in [0.15, 0.2) is 78.6 Å². The number of fused-ring (bicyclic) bond motifs is 3. The molecule has 9 nitrogen and oxygen atoms in total. The van der Waals surface area contributed by atoms with E-state index in [1.54, 1.807) is 26.4 Å². The van der Waals surface area contributed by atoms with E-state index in [2.05, 4.69) is 15.4 Å². The molecule has 2 aliphatic rings. The van der Waals surface area contributed by atoms with Gasteiger partial charge in [-0.2, -0.15) is 10.1 Å². The summed E-state index contributed by atoms with van der Waals surface area (Å²) in [5.41, 5.74) is 4.91. The maximum absolute atomic E-state index is 12.1. The molecule has 9 heteroatoms. The van der Waals surface area contributed by atoms with Gasteiger partial charge in [-0.1, -0.05) is 24.3 Å². The molecule has 1 N–H and O–H groups in total. The van der Waals surface area contributed by atoms with E-state index in [9.17, 15) is 4.79 Å². The molecule has 37 heavy (non-hydrogen) atoms. The van der Waals surface area contributed by atoms with E-state index in [0.717, 1.165) is 33.7 Å². The Hall–Kier alpha value is -4.79. The van der Waals surface area contributed by atoms with Gasteiger partial charge in [0.1, 0.15) is 35.7 Å². The van der Waals surface area contributed by atoms with Crippen LogP contribution in [-0.4, -0.2) is 42.1 Å². The maximum Gasteiger partial charge on any atom is 0.337 e. The SMILES string of the molecule is COC(=O)c1ccc([C@@H]2Oc3ccccc3C3=C2[C@H](c2cc(OC)ccc2OC)n2ncnc2N3)cc1. The number of aromatic nitrogens is 3. The Balaban J connectivity index is 1.60. The molecule has 1 aromatic heterocycles. The summed E-state index contributed by atoms with van der Waals surface area (Å²) in [5, 5.41) is 8.05. The Labute approximate surface area is 213 Å². The van der Waals surface area contributed by atoms with Crippen LogP contribution >= 0.6 is 0 Å². The first-order valence-corrected chi connectivity index (χ1v) is 11.7. The smallest absolute Gasteiger partial charge is 0.337 e. The van der Waals surface area contributed by atoms with Crippen molar-refractivity contribution < 1.29 is 23.7 Å². The van der Waals surface area contributed by atoms with Gasteiger partial charge in [0.2, 0.25) is 5.95 Å². The zero-order chi connectivity index (χ0) is 25.5. The number of nitrogens with one attached hydrogen (secondary N) is 1. The van der Waals surface area contributed by atoms with Crippen molar-refractivity contribution in [3.05, 3.63) is 101 Å². The average Bonchev–Trinajstić information content (AvgIpc) is 3.43. The molecule has 0 amide bonds. The third-order valence-corrected chi connectivity index (χ3v) is 6.69. The number of carbonyl (C=O) groups excluding carboxylic acids is 1. The Morgan fingerprint density at radius 2 is 1.81 bits per heavy atom. The first kappa shape index (κ1) is 22.7. The number of ether oxygens (including phenoxy) is 4. The van der Waals surface area contributed by atoms with Crippen LogP contribution in [0.5, 0.6) is 17.2 Å². The molecule has 0 bridgehead atoms. The fourth-order valence-electron chi connectivity index (χ4n) is 4.96. The molecule has 0 unspecified atom stereocenters. The number of carbonyl (C=O) groups is 1. The minimum Gasteiger partial charge on any atom is -0.497 e. The van der Waals surface area contributed by atoms with Gasteiger partial charge in [0.05, 0.1) is 32.6 Å². The summed E-state index contributed by atoms with van der Waals surface area (Å²) in [6, 6.07) is 20.4. The summed E-state index contributed by atoms with van der Waals surface area (Å²) in [6.45, 7) is 0. The highest BCUT2D eigenvalue weighted by Gasteiger charge is 2.42. The van der Waals surface area contributed by atoms with E-state index >= 15 is 0 Å². The number of para-hydroxylation sites is 1. The number of rotatable bonds is 5. The van der Waals surface area contributed by atoms with Crippen LogP contribution in [0.25, 0.3) is 5.70 Å². The molecule has 4 aromatic rings. The zero-order valence-corrected chi connectivity index (χ0v) is 20.5. The van der Waals surface area contributed by atoms with E-state index in [0.29, 0.717) is 23.0 Å². The Kier molecular flexibility index (Phi) is 5.52. The normalized spacial score (nSPS) is 17.5. The van der Waals surface area contributed by atoms with Crippen LogP contribution in [0.2, 0.25) is 0 Å². The summed E-state index contributed by atoms with van der Waals surface area (Å²) in [7, 11) is 4.63. The topological polar surface area (TPSA) is 96.7 Å². The monoisotopic (exact) mass is 496 g/mol. The lowest BCUT2D eigenvalue weighted by Gasteiger charge is -2.39. The predicted molar refractivity (Wildman–Crippen MR) is 136 cm³/mol. The van der Waals surface area contributed by atoms with Crippen molar-refractivity contribution in [3.63, 3.8) is 0 Å². The Morgan fingerprint density at radius 3 is 2.57 bits per heavy atom. The van der Waals surface area contributed by atoms with Crippen molar-refractivity contribution in [2.45, 2.75) is 12.1 Å². The number of hydrogen-bond acceptors (Lipinski definition) is 8. The van der Waals surface area contributed by atoms with Gasteiger partial charge in [-0.25, -0.2) is 9.48 Å². The number of esters is 1. The molecule has 0 fully saturated rings. The Bertz CT molecular complexity index is 1530. The zero-order valence-electron chi connectivity index (χ0n) is 20.5. The van der Waals surface area contributed by atoms with E-state index in [4.69, 9.17) is 18.9 Å². The van der Waals surface area contributed by atoms with E-state index < -0.39 is 18.1 Å². The average molecular weight is 497 g/mol. The van der Waals surface area contributed by atoms with Crippen LogP contribution in [0.1, 0.15) is 39.2 Å². The van der Waals surface area contributed by atoms with Crippen molar-refractivity contribution in [3.8, 4) is 17.2 Å². The minimum atomic E-state index is -0.498. The van der Waals surface area contributed by atoms with Crippen LogP contribution < -0.4 is 19.5 Å². The lowest BCUT2D eigenvalue weighted by Crippen LogP contribution is -2.32. The number of benzene rings is 3. The summed E-state index contributed by atoms with van der Waals surface area (Å²) < 4.78 is 24.7. The van der Waals surface area contributed by atoms with Crippen LogP contribution in [0.4, 0.5) is 5.95 Å². The highest BCUT2D eigenvalue weighted by molar-refractivity contribution is 5.89. The number of hydrogen-bond donors (Lipinski definition) is 1. The summed E-state index contributed by atoms with van der Waals surface area (Å²) in [5.74, 6) is 2.31. The van der Waals surface area contributed by atoms with Crippen molar-refractivity contribution >= 4 is 17.6 Å². The van der Waals surface area contributed by atoms with Crippen molar-refractivity contribution in [2.75, 3.05) is 26.6 Å². The highest BCUT2D eigenvalue weighted by Crippen LogP contribution is 2.52. The predicted octanol–water partition coefficient (Wildman–Crippen LogP) is 4.64. The highest BCUT2D eigenvalue weighted by atomic mass is 16.5. The van der Waals surface area contributed by atoms with Crippen LogP contribution in [-0.2, 0) is 4.74 Å².